The summed E-state index contributed by atoms with van der Waals surface area (Å²) in [6.45, 7) is 2.14. The van der Waals surface area contributed by atoms with Gasteiger partial charge < -0.3 is 5.32 Å². The summed E-state index contributed by atoms with van der Waals surface area (Å²) in [4.78, 5) is 0.222. The monoisotopic (exact) mass is 374 g/mol. The minimum atomic E-state index is -3.74. The maximum Gasteiger partial charge on any atom is 0.246 e. The van der Waals surface area contributed by atoms with E-state index in [0.29, 0.717) is 25.2 Å². The Balaban J connectivity index is 1.73. The highest BCUT2D eigenvalue weighted by Gasteiger charge is 2.45. The number of nitrogens with one attached hydrogen (secondary N) is 1. The van der Waals surface area contributed by atoms with Gasteiger partial charge in [0.15, 0.2) is 9.84 Å². The molecule has 1 aromatic rings. The summed E-state index contributed by atoms with van der Waals surface area (Å²) in [6.07, 6.45) is 3.58. The van der Waals surface area contributed by atoms with Crippen molar-refractivity contribution in [2.75, 3.05) is 24.6 Å². The van der Waals surface area contributed by atoms with Crippen molar-refractivity contribution >= 4 is 19.9 Å². The molecule has 1 unspecified atom stereocenters. The molecule has 1 saturated carbocycles. The summed E-state index contributed by atoms with van der Waals surface area (Å²) in [7, 11) is -6.93. The second-order valence-corrected chi connectivity index (χ2v) is 10.9. The third-order valence-electron chi connectivity index (χ3n) is 5.08. The number of nitrogens with zero attached hydrogens (tertiary/aromatic N) is 3. The predicted octanol–water partition coefficient (Wildman–Crippen LogP) is -0.426. The molecule has 3 heterocycles. The molecule has 2 aliphatic heterocycles. The van der Waals surface area contributed by atoms with Crippen LogP contribution in [0.2, 0.25) is 0 Å². The Morgan fingerprint density at radius 1 is 1.25 bits per heavy atom. The number of fused-ring (bicyclic) bond motifs is 1. The molecule has 0 bridgehead atoms. The standard InChI is InChI=1S/C14H22N4O4S2/c19-23(20)7-1-5-18(13(10-23)11-2-3-11)24(21,22)14-9-16-17-6-4-15-8-12(14)17/h9,11,13,15H,1-8,10H2. The van der Waals surface area contributed by atoms with Gasteiger partial charge in [0.1, 0.15) is 4.90 Å². The van der Waals surface area contributed by atoms with E-state index in [1.54, 1.807) is 4.68 Å². The number of aromatic nitrogens is 2. The minimum Gasteiger partial charge on any atom is -0.309 e. The first-order valence-electron chi connectivity index (χ1n) is 8.36. The van der Waals surface area contributed by atoms with Gasteiger partial charge in [0.25, 0.3) is 0 Å². The Morgan fingerprint density at radius 2 is 2.04 bits per heavy atom. The molecule has 8 nitrogen and oxygen atoms in total. The molecular weight excluding hydrogens is 352 g/mol. The average Bonchev–Trinajstić information content (AvgIpc) is 3.29. The van der Waals surface area contributed by atoms with Crippen LogP contribution in [0, 0.1) is 5.92 Å². The van der Waals surface area contributed by atoms with Crippen molar-refractivity contribution in [3.63, 3.8) is 0 Å². The molecule has 3 aliphatic rings. The Hall–Kier alpha value is -0.970. The van der Waals surface area contributed by atoms with E-state index in [9.17, 15) is 16.8 Å². The third-order valence-corrected chi connectivity index (χ3v) is 8.81. The van der Waals surface area contributed by atoms with Crippen molar-refractivity contribution in [3.8, 4) is 0 Å². The lowest BCUT2D eigenvalue weighted by Gasteiger charge is -2.29. The van der Waals surface area contributed by atoms with Crippen molar-refractivity contribution < 1.29 is 16.8 Å². The van der Waals surface area contributed by atoms with Gasteiger partial charge in [0.2, 0.25) is 10.0 Å². The first-order chi connectivity index (χ1) is 11.4. The summed E-state index contributed by atoms with van der Waals surface area (Å²) >= 11 is 0. The van der Waals surface area contributed by atoms with Crippen LogP contribution in [0.4, 0.5) is 0 Å². The van der Waals surface area contributed by atoms with E-state index in [1.165, 1.54) is 10.5 Å². The lowest BCUT2D eigenvalue weighted by Crippen LogP contribution is -2.44. The van der Waals surface area contributed by atoms with Gasteiger partial charge in [0.05, 0.1) is 29.9 Å². The summed E-state index contributed by atoms with van der Waals surface area (Å²) in [5.74, 6) is 0.173. The van der Waals surface area contributed by atoms with Gasteiger partial charge in [-0.3, -0.25) is 4.68 Å². The number of sulfonamides is 1. The van der Waals surface area contributed by atoms with E-state index >= 15 is 0 Å². The molecule has 1 saturated heterocycles. The molecule has 24 heavy (non-hydrogen) atoms. The van der Waals surface area contributed by atoms with Crippen molar-refractivity contribution in [2.45, 2.75) is 43.3 Å². The second-order valence-electron chi connectivity index (χ2n) is 6.84. The van der Waals surface area contributed by atoms with Crippen LogP contribution in [0.1, 0.15) is 25.0 Å². The fraction of sp³-hybridized carbons (Fsp3) is 0.786. The van der Waals surface area contributed by atoms with Crippen molar-refractivity contribution in [1.82, 2.24) is 19.4 Å². The largest absolute Gasteiger partial charge is 0.309 e. The van der Waals surface area contributed by atoms with Gasteiger partial charge in [-0.25, -0.2) is 16.8 Å². The lowest BCUT2D eigenvalue weighted by atomic mass is 10.2. The Kier molecular flexibility index (Phi) is 3.98. The first kappa shape index (κ1) is 16.5. The van der Waals surface area contributed by atoms with Gasteiger partial charge >= 0.3 is 0 Å². The van der Waals surface area contributed by atoms with Crippen LogP contribution in [0.25, 0.3) is 0 Å². The quantitative estimate of drug-likeness (QED) is 0.771. The fourth-order valence-electron chi connectivity index (χ4n) is 3.68. The predicted molar refractivity (Wildman–Crippen MR) is 87.6 cm³/mol. The zero-order valence-corrected chi connectivity index (χ0v) is 15.0. The molecule has 1 atom stereocenters. The lowest BCUT2D eigenvalue weighted by molar-refractivity contribution is 0.317. The Morgan fingerprint density at radius 3 is 2.79 bits per heavy atom. The van der Waals surface area contributed by atoms with E-state index in [2.05, 4.69) is 10.4 Å². The first-order valence-corrected chi connectivity index (χ1v) is 11.6. The highest BCUT2D eigenvalue weighted by molar-refractivity contribution is 7.91. The number of hydrogen-bond donors (Lipinski definition) is 1. The molecular formula is C14H22N4O4S2. The van der Waals surface area contributed by atoms with Gasteiger partial charge in [0, 0.05) is 25.7 Å². The number of rotatable bonds is 3. The summed E-state index contributed by atoms with van der Waals surface area (Å²) in [6, 6.07) is -0.436. The van der Waals surface area contributed by atoms with Crippen LogP contribution >= 0.6 is 0 Å². The van der Waals surface area contributed by atoms with Gasteiger partial charge in [-0.15, -0.1) is 0 Å². The molecule has 0 radical (unpaired) electrons. The molecule has 4 rings (SSSR count). The van der Waals surface area contributed by atoms with Crippen LogP contribution < -0.4 is 5.32 Å². The number of hydrogen-bond acceptors (Lipinski definition) is 6. The van der Waals surface area contributed by atoms with E-state index in [0.717, 1.165) is 19.4 Å². The van der Waals surface area contributed by atoms with Gasteiger partial charge in [-0.2, -0.15) is 9.40 Å². The fourth-order valence-corrected chi connectivity index (χ4v) is 7.36. The molecule has 0 aromatic carbocycles. The van der Waals surface area contributed by atoms with Crippen LogP contribution in [-0.4, -0.2) is 61.6 Å². The zero-order valence-electron chi connectivity index (χ0n) is 13.4. The van der Waals surface area contributed by atoms with E-state index in [4.69, 9.17) is 0 Å². The van der Waals surface area contributed by atoms with Crippen LogP contribution in [-0.2, 0) is 33.0 Å². The molecule has 0 spiro atoms. The summed E-state index contributed by atoms with van der Waals surface area (Å²) in [5.41, 5.74) is 0.669. The van der Waals surface area contributed by atoms with Crippen molar-refractivity contribution in [1.29, 1.82) is 0 Å². The van der Waals surface area contributed by atoms with E-state index < -0.39 is 25.9 Å². The van der Waals surface area contributed by atoms with Gasteiger partial charge in [-0.1, -0.05) is 0 Å². The maximum atomic E-state index is 13.3. The van der Waals surface area contributed by atoms with Crippen molar-refractivity contribution in [3.05, 3.63) is 11.9 Å². The zero-order chi connectivity index (χ0) is 16.9. The Bertz CT molecular complexity index is 842. The van der Waals surface area contributed by atoms with E-state index in [1.807, 2.05) is 0 Å². The second kappa shape index (κ2) is 5.79. The summed E-state index contributed by atoms with van der Waals surface area (Å²) < 4.78 is 54.0. The van der Waals surface area contributed by atoms with Crippen molar-refractivity contribution in [2.24, 2.45) is 5.92 Å². The summed E-state index contributed by atoms with van der Waals surface area (Å²) in [5, 5.41) is 7.38. The van der Waals surface area contributed by atoms with Crippen LogP contribution in [0.15, 0.2) is 11.1 Å². The Labute approximate surface area is 142 Å². The molecule has 10 heteroatoms. The maximum absolute atomic E-state index is 13.3. The molecule has 1 aromatic heterocycles. The minimum absolute atomic E-state index is 0.0569. The molecule has 0 amide bonds. The van der Waals surface area contributed by atoms with Crippen LogP contribution in [0.3, 0.4) is 0 Å². The van der Waals surface area contributed by atoms with Gasteiger partial charge in [-0.05, 0) is 25.2 Å². The molecule has 2 fully saturated rings. The van der Waals surface area contributed by atoms with E-state index in [-0.39, 0.29) is 28.9 Å². The third kappa shape index (κ3) is 2.89. The normalized spacial score (nSPS) is 28.2. The molecule has 1 N–H and O–H groups in total. The highest BCUT2D eigenvalue weighted by atomic mass is 32.2. The number of sulfone groups is 1. The smallest absolute Gasteiger partial charge is 0.246 e. The topological polar surface area (TPSA) is 101 Å². The molecule has 134 valence electrons. The average molecular weight is 374 g/mol. The molecule has 1 aliphatic carbocycles. The van der Waals surface area contributed by atoms with Crippen LogP contribution in [0.5, 0.6) is 0 Å². The SMILES string of the molecule is O=S1(=O)CCCN(S(=O)(=O)c2cnn3c2CNCC3)C(C2CC2)C1. The highest BCUT2D eigenvalue weighted by Crippen LogP contribution is 2.39.